The Morgan fingerprint density at radius 3 is 2.50 bits per heavy atom. The molecule has 0 unspecified atom stereocenters. The molecule has 0 aromatic carbocycles. The van der Waals surface area contributed by atoms with Gasteiger partial charge in [0.15, 0.2) is 0 Å². The number of rotatable bonds is 1. The zero-order chi connectivity index (χ0) is 9.97. The molecule has 0 aromatic rings. The minimum Gasteiger partial charge on any atom is -0.463 e. The smallest absolute Gasteiger partial charge is 0.302 e. The predicted molar refractivity (Wildman–Crippen MR) is 54.9 cm³/mol. The predicted octanol–water partition coefficient (Wildman–Crippen LogP) is 2.91. The van der Waals surface area contributed by atoms with Crippen molar-refractivity contribution in [2.24, 2.45) is 11.8 Å². The molecule has 0 aromatic heterocycles. The maximum atomic E-state index is 10.8. The summed E-state index contributed by atoms with van der Waals surface area (Å²) in [6.07, 6.45) is 9.31. The maximum absolute atomic E-state index is 10.8. The molecular formula is C12H20O2. The first kappa shape index (κ1) is 10.0. The van der Waals surface area contributed by atoms with E-state index in [4.69, 9.17) is 4.74 Å². The highest BCUT2D eigenvalue weighted by atomic mass is 16.5. The van der Waals surface area contributed by atoms with Crippen LogP contribution in [-0.2, 0) is 9.53 Å². The second-order valence-corrected chi connectivity index (χ2v) is 4.85. The molecule has 2 saturated carbocycles. The third-order valence-electron chi connectivity index (χ3n) is 3.82. The summed E-state index contributed by atoms with van der Waals surface area (Å²) in [4.78, 5) is 10.8. The molecule has 0 bridgehead atoms. The normalized spacial score (nSPS) is 37.4. The van der Waals surface area contributed by atoms with E-state index in [1.54, 1.807) is 0 Å². The van der Waals surface area contributed by atoms with Crippen molar-refractivity contribution in [2.45, 2.75) is 58.0 Å². The molecule has 2 aliphatic rings. The maximum Gasteiger partial charge on any atom is 0.302 e. The van der Waals surface area contributed by atoms with E-state index < -0.39 is 0 Å². The van der Waals surface area contributed by atoms with E-state index in [9.17, 15) is 4.79 Å². The van der Waals surface area contributed by atoms with Crippen LogP contribution in [0.3, 0.4) is 0 Å². The lowest BCUT2D eigenvalue weighted by molar-refractivity contribution is -0.149. The fraction of sp³-hybridized carbons (Fsp3) is 0.917. The summed E-state index contributed by atoms with van der Waals surface area (Å²) in [5, 5.41) is 0. The molecule has 2 rings (SSSR count). The Kier molecular flexibility index (Phi) is 3.09. The van der Waals surface area contributed by atoms with Crippen molar-refractivity contribution < 1.29 is 9.53 Å². The topological polar surface area (TPSA) is 26.3 Å². The van der Waals surface area contributed by atoms with Gasteiger partial charge in [-0.15, -0.1) is 0 Å². The van der Waals surface area contributed by atoms with Crippen molar-refractivity contribution >= 4 is 5.97 Å². The Morgan fingerprint density at radius 1 is 1.07 bits per heavy atom. The van der Waals surface area contributed by atoms with Crippen LogP contribution in [0.4, 0.5) is 0 Å². The van der Waals surface area contributed by atoms with Gasteiger partial charge in [-0.05, 0) is 31.1 Å². The molecule has 14 heavy (non-hydrogen) atoms. The van der Waals surface area contributed by atoms with Gasteiger partial charge in [0.2, 0.25) is 0 Å². The van der Waals surface area contributed by atoms with Gasteiger partial charge in [-0.3, -0.25) is 4.79 Å². The van der Waals surface area contributed by atoms with Crippen LogP contribution in [0.25, 0.3) is 0 Å². The Hall–Kier alpha value is -0.530. The quantitative estimate of drug-likeness (QED) is 0.603. The fourth-order valence-corrected chi connectivity index (χ4v) is 3.17. The minimum atomic E-state index is -0.107. The van der Waals surface area contributed by atoms with Crippen molar-refractivity contribution in [3.63, 3.8) is 0 Å². The van der Waals surface area contributed by atoms with Crippen LogP contribution >= 0.6 is 0 Å². The van der Waals surface area contributed by atoms with Gasteiger partial charge in [0.25, 0.3) is 0 Å². The van der Waals surface area contributed by atoms with Gasteiger partial charge in [-0.2, -0.15) is 0 Å². The lowest BCUT2D eigenvalue weighted by Crippen LogP contribution is -2.32. The SMILES string of the molecule is CC(=O)O[C@@H]1CC[C@@H]2CCCC[C@H]2C1. The number of carbonyl (C=O) groups excluding carboxylic acids is 1. The monoisotopic (exact) mass is 196 g/mol. The van der Waals surface area contributed by atoms with Gasteiger partial charge < -0.3 is 4.74 Å². The summed E-state index contributed by atoms with van der Waals surface area (Å²) in [6.45, 7) is 1.52. The van der Waals surface area contributed by atoms with Gasteiger partial charge in [-0.1, -0.05) is 25.7 Å². The lowest BCUT2D eigenvalue weighted by Gasteiger charge is -2.38. The Labute approximate surface area is 86.0 Å². The first-order chi connectivity index (χ1) is 6.75. The summed E-state index contributed by atoms with van der Waals surface area (Å²) < 4.78 is 5.30. The van der Waals surface area contributed by atoms with Crippen molar-refractivity contribution in [1.29, 1.82) is 0 Å². The highest BCUT2D eigenvalue weighted by Gasteiger charge is 2.33. The van der Waals surface area contributed by atoms with Crippen LogP contribution in [0.5, 0.6) is 0 Å². The molecule has 0 radical (unpaired) electrons. The molecule has 0 heterocycles. The average molecular weight is 196 g/mol. The Balaban J connectivity index is 1.86. The van der Waals surface area contributed by atoms with Crippen LogP contribution in [0.2, 0.25) is 0 Å². The van der Waals surface area contributed by atoms with Gasteiger partial charge in [-0.25, -0.2) is 0 Å². The van der Waals surface area contributed by atoms with Crippen LogP contribution in [0.1, 0.15) is 51.9 Å². The van der Waals surface area contributed by atoms with E-state index in [-0.39, 0.29) is 12.1 Å². The molecule has 80 valence electrons. The number of hydrogen-bond donors (Lipinski definition) is 0. The number of fused-ring (bicyclic) bond motifs is 1. The summed E-state index contributed by atoms with van der Waals surface area (Å²) in [7, 11) is 0. The zero-order valence-electron chi connectivity index (χ0n) is 9.00. The second kappa shape index (κ2) is 4.33. The summed E-state index contributed by atoms with van der Waals surface area (Å²) >= 11 is 0. The zero-order valence-corrected chi connectivity index (χ0v) is 9.00. The number of ether oxygens (including phenoxy) is 1. The Morgan fingerprint density at radius 2 is 1.79 bits per heavy atom. The number of esters is 1. The standard InChI is InChI=1S/C12H20O2/c1-9(13)14-12-7-6-10-4-2-3-5-11(10)8-12/h10-12H,2-8H2,1H3/t10-,11-,12+/m0/s1. The molecule has 0 N–H and O–H groups in total. The van der Waals surface area contributed by atoms with Crippen LogP contribution in [-0.4, -0.2) is 12.1 Å². The third kappa shape index (κ3) is 2.28. The summed E-state index contributed by atoms with van der Waals surface area (Å²) in [5.74, 6) is 1.68. The van der Waals surface area contributed by atoms with Crippen LogP contribution < -0.4 is 0 Å². The molecule has 2 nitrogen and oxygen atoms in total. The highest BCUT2D eigenvalue weighted by Crippen LogP contribution is 2.41. The summed E-state index contributed by atoms with van der Waals surface area (Å²) in [5.41, 5.74) is 0. The first-order valence-corrected chi connectivity index (χ1v) is 5.93. The van der Waals surface area contributed by atoms with Crippen LogP contribution in [0, 0.1) is 11.8 Å². The molecule has 0 saturated heterocycles. The van der Waals surface area contributed by atoms with E-state index in [2.05, 4.69) is 0 Å². The summed E-state index contributed by atoms with van der Waals surface area (Å²) in [6, 6.07) is 0. The Bertz CT molecular complexity index is 212. The molecule has 2 aliphatic carbocycles. The average Bonchev–Trinajstić information content (AvgIpc) is 2.17. The molecule has 2 heteroatoms. The second-order valence-electron chi connectivity index (χ2n) is 4.85. The van der Waals surface area contributed by atoms with Gasteiger partial charge >= 0.3 is 5.97 Å². The van der Waals surface area contributed by atoms with Crippen LogP contribution in [0.15, 0.2) is 0 Å². The number of carbonyl (C=O) groups is 1. The first-order valence-electron chi connectivity index (χ1n) is 5.93. The molecule has 0 aliphatic heterocycles. The fourth-order valence-electron chi connectivity index (χ4n) is 3.17. The molecule has 0 amide bonds. The van der Waals surface area contributed by atoms with E-state index in [1.165, 1.54) is 39.0 Å². The highest BCUT2D eigenvalue weighted by molar-refractivity contribution is 5.66. The third-order valence-corrected chi connectivity index (χ3v) is 3.82. The number of hydrogen-bond acceptors (Lipinski definition) is 2. The molecule has 2 fully saturated rings. The minimum absolute atomic E-state index is 0.107. The van der Waals surface area contributed by atoms with E-state index in [0.717, 1.165) is 24.7 Å². The van der Waals surface area contributed by atoms with E-state index in [0.29, 0.717) is 0 Å². The van der Waals surface area contributed by atoms with Crippen molar-refractivity contribution in [3.8, 4) is 0 Å². The van der Waals surface area contributed by atoms with Gasteiger partial charge in [0.05, 0.1) is 0 Å². The molecule has 0 spiro atoms. The van der Waals surface area contributed by atoms with Crippen molar-refractivity contribution in [3.05, 3.63) is 0 Å². The van der Waals surface area contributed by atoms with E-state index >= 15 is 0 Å². The lowest BCUT2D eigenvalue weighted by atomic mass is 9.70. The molecular weight excluding hydrogens is 176 g/mol. The van der Waals surface area contributed by atoms with Gasteiger partial charge in [0, 0.05) is 6.92 Å². The van der Waals surface area contributed by atoms with Gasteiger partial charge in [0.1, 0.15) is 6.10 Å². The van der Waals surface area contributed by atoms with Crippen molar-refractivity contribution in [1.82, 2.24) is 0 Å². The van der Waals surface area contributed by atoms with Crippen molar-refractivity contribution in [2.75, 3.05) is 0 Å². The molecule has 3 atom stereocenters. The largest absolute Gasteiger partial charge is 0.463 e. The van der Waals surface area contributed by atoms with E-state index in [1.807, 2.05) is 0 Å².